The fourth-order valence-corrected chi connectivity index (χ4v) is 1.12. The first-order valence-corrected chi connectivity index (χ1v) is 4.53. The Morgan fingerprint density at radius 1 is 1.33 bits per heavy atom. The van der Waals surface area contributed by atoms with Crippen LogP contribution in [0.3, 0.4) is 0 Å². The molecule has 0 fully saturated rings. The highest BCUT2D eigenvalue weighted by Gasteiger charge is 1.96. The Morgan fingerprint density at radius 2 is 2.13 bits per heavy atom. The standard InChI is InChI=1S/C9H10FN5/c10-8-6-12-9(13-7-8)11-3-5-15-4-1-2-14-15/h1-2,4,6-7H,3,5H2,(H,11,12,13). The van der Waals surface area contributed by atoms with Gasteiger partial charge in [-0.15, -0.1) is 0 Å². The maximum atomic E-state index is 12.5. The molecule has 0 aliphatic carbocycles. The molecule has 0 spiro atoms. The van der Waals surface area contributed by atoms with Crippen molar-refractivity contribution in [1.82, 2.24) is 19.7 Å². The Labute approximate surface area is 86.0 Å². The van der Waals surface area contributed by atoms with Crippen LogP contribution >= 0.6 is 0 Å². The van der Waals surface area contributed by atoms with Crippen LogP contribution in [0.4, 0.5) is 10.3 Å². The summed E-state index contributed by atoms with van der Waals surface area (Å²) in [6.45, 7) is 1.36. The van der Waals surface area contributed by atoms with E-state index in [4.69, 9.17) is 0 Å². The van der Waals surface area contributed by atoms with Gasteiger partial charge in [0.25, 0.3) is 0 Å². The van der Waals surface area contributed by atoms with Crippen molar-refractivity contribution < 1.29 is 4.39 Å². The number of hydrogen-bond acceptors (Lipinski definition) is 4. The minimum absolute atomic E-state index is 0.420. The van der Waals surface area contributed by atoms with Crippen LogP contribution in [0.2, 0.25) is 0 Å². The lowest BCUT2D eigenvalue weighted by molar-refractivity contribution is 0.611. The van der Waals surface area contributed by atoms with Crippen molar-refractivity contribution in [1.29, 1.82) is 0 Å². The summed E-state index contributed by atoms with van der Waals surface area (Å²) in [6, 6.07) is 1.86. The van der Waals surface area contributed by atoms with E-state index in [0.717, 1.165) is 12.4 Å². The third kappa shape index (κ3) is 2.73. The predicted molar refractivity (Wildman–Crippen MR) is 52.7 cm³/mol. The highest BCUT2D eigenvalue weighted by Crippen LogP contribution is 1.97. The van der Waals surface area contributed by atoms with Gasteiger partial charge in [0.1, 0.15) is 0 Å². The molecule has 0 radical (unpaired) electrons. The lowest BCUT2D eigenvalue weighted by Crippen LogP contribution is -2.12. The molecule has 0 amide bonds. The van der Waals surface area contributed by atoms with Gasteiger partial charge in [0.2, 0.25) is 5.95 Å². The second-order valence-corrected chi connectivity index (χ2v) is 2.92. The maximum Gasteiger partial charge on any atom is 0.222 e. The van der Waals surface area contributed by atoms with E-state index in [0.29, 0.717) is 19.0 Å². The van der Waals surface area contributed by atoms with E-state index in [2.05, 4.69) is 20.4 Å². The third-order valence-corrected chi connectivity index (χ3v) is 1.80. The molecule has 0 bridgehead atoms. The zero-order valence-corrected chi connectivity index (χ0v) is 7.97. The monoisotopic (exact) mass is 207 g/mol. The van der Waals surface area contributed by atoms with Crippen molar-refractivity contribution in [2.75, 3.05) is 11.9 Å². The van der Waals surface area contributed by atoms with Crippen molar-refractivity contribution >= 4 is 5.95 Å². The van der Waals surface area contributed by atoms with E-state index in [1.807, 2.05) is 12.3 Å². The van der Waals surface area contributed by atoms with E-state index < -0.39 is 5.82 Å². The van der Waals surface area contributed by atoms with E-state index in [1.165, 1.54) is 0 Å². The minimum Gasteiger partial charge on any atom is -0.352 e. The normalized spacial score (nSPS) is 10.2. The van der Waals surface area contributed by atoms with Crippen molar-refractivity contribution in [3.63, 3.8) is 0 Å². The van der Waals surface area contributed by atoms with Crippen molar-refractivity contribution in [2.45, 2.75) is 6.54 Å². The van der Waals surface area contributed by atoms with Gasteiger partial charge in [-0.25, -0.2) is 14.4 Å². The molecule has 1 N–H and O–H groups in total. The number of anilines is 1. The fraction of sp³-hybridized carbons (Fsp3) is 0.222. The van der Waals surface area contributed by atoms with Gasteiger partial charge < -0.3 is 5.32 Å². The van der Waals surface area contributed by atoms with Crippen molar-refractivity contribution in [3.8, 4) is 0 Å². The fourth-order valence-electron chi connectivity index (χ4n) is 1.12. The molecule has 15 heavy (non-hydrogen) atoms. The van der Waals surface area contributed by atoms with Crippen LogP contribution in [0.5, 0.6) is 0 Å². The molecular weight excluding hydrogens is 197 g/mol. The van der Waals surface area contributed by atoms with E-state index >= 15 is 0 Å². The van der Waals surface area contributed by atoms with Crippen LogP contribution in [0.15, 0.2) is 30.9 Å². The average Bonchev–Trinajstić information content (AvgIpc) is 2.74. The lowest BCUT2D eigenvalue weighted by Gasteiger charge is -2.03. The Kier molecular flexibility index (Phi) is 2.87. The van der Waals surface area contributed by atoms with Gasteiger partial charge >= 0.3 is 0 Å². The summed E-state index contributed by atoms with van der Waals surface area (Å²) in [5, 5.41) is 7.00. The summed E-state index contributed by atoms with van der Waals surface area (Å²) in [5.41, 5.74) is 0. The second kappa shape index (κ2) is 4.50. The Hall–Kier alpha value is -1.98. The molecule has 0 aliphatic rings. The highest BCUT2D eigenvalue weighted by atomic mass is 19.1. The largest absolute Gasteiger partial charge is 0.352 e. The van der Waals surface area contributed by atoms with Crippen LogP contribution < -0.4 is 5.32 Å². The first-order valence-electron chi connectivity index (χ1n) is 4.53. The molecule has 2 rings (SSSR count). The predicted octanol–water partition coefficient (Wildman–Crippen LogP) is 0.924. The molecular formula is C9H10FN5. The van der Waals surface area contributed by atoms with Gasteiger partial charge in [0.15, 0.2) is 5.82 Å². The number of nitrogens with one attached hydrogen (secondary N) is 1. The molecule has 0 saturated heterocycles. The molecule has 2 aromatic heterocycles. The molecule has 0 saturated carbocycles. The number of nitrogens with zero attached hydrogens (tertiary/aromatic N) is 4. The number of aromatic nitrogens is 4. The molecule has 6 heteroatoms. The summed E-state index contributed by atoms with van der Waals surface area (Å²) in [5.74, 6) is -0.0174. The summed E-state index contributed by atoms with van der Waals surface area (Å²) in [6.07, 6.45) is 5.84. The van der Waals surface area contributed by atoms with Crippen LogP contribution in [0.1, 0.15) is 0 Å². The molecule has 0 atom stereocenters. The number of hydrogen-bond donors (Lipinski definition) is 1. The molecule has 5 nitrogen and oxygen atoms in total. The van der Waals surface area contributed by atoms with Gasteiger partial charge in [0.05, 0.1) is 18.9 Å². The first-order chi connectivity index (χ1) is 7.34. The lowest BCUT2D eigenvalue weighted by atomic mass is 10.6. The quantitative estimate of drug-likeness (QED) is 0.810. The van der Waals surface area contributed by atoms with Gasteiger partial charge in [-0.3, -0.25) is 4.68 Å². The van der Waals surface area contributed by atoms with E-state index in [9.17, 15) is 4.39 Å². The summed E-state index contributed by atoms with van der Waals surface area (Å²) in [4.78, 5) is 7.54. The van der Waals surface area contributed by atoms with Crippen molar-refractivity contribution in [3.05, 3.63) is 36.7 Å². The van der Waals surface area contributed by atoms with Gasteiger partial charge in [0, 0.05) is 18.9 Å². The smallest absolute Gasteiger partial charge is 0.222 e. The molecule has 2 heterocycles. The van der Waals surface area contributed by atoms with Crippen LogP contribution in [0.25, 0.3) is 0 Å². The SMILES string of the molecule is Fc1cnc(NCCn2cccn2)nc1. The Bertz CT molecular complexity index is 397. The topological polar surface area (TPSA) is 55.6 Å². The third-order valence-electron chi connectivity index (χ3n) is 1.80. The highest BCUT2D eigenvalue weighted by molar-refractivity contribution is 5.21. The van der Waals surface area contributed by atoms with E-state index in [1.54, 1.807) is 10.9 Å². The second-order valence-electron chi connectivity index (χ2n) is 2.92. The molecule has 0 aliphatic heterocycles. The van der Waals surface area contributed by atoms with Crippen LogP contribution in [0, 0.1) is 5.82 Å². The summed E-state index contributed by atoms with van der Waals surface area (Å²) < 4.78 is 14.3. The molecule has 0 aromatic carbocycles. The Balaban J connectivity index is 1.81. The molecule has 0 unspecified atom stereocenters. The summed E-state index contributed by atoms with van der Waals surface area (Å²) in [7, 11) is 0. The van der Waals surface area contributed by atoms with Crippen LogP contribution in [-0.2, 0) is 6.54 Å². The average molecular weight is 207 g/mol. The molecule has 2 aromatic rings. The molecule has 78 valence electrons. The van der Waals surface area contributed by atoms with Gasteiger partial charge in [-0.1, -0.05) is 0 Å². The van der Waals surface area contributed by atoms with Gasteiger partial charge in [-0.05, 0) is 6.07 Å². The van der Waals surface area contributed by atoms with E-state index in [-0.39, 0.29) is 0 Å². The first kappa shape index (κ1) is 9.57. The zero-order chi connectivity index (χ0) is 10.5. The number of halogens is 1. The Morgan fingerprint density at radius 3 is 2.80 bits per heavy atom. The maximum absolute atomic E-state index is 12.5. The minimum atomic E-state index is -0.437. The number of rotatable bonds is 4. The zero-order valence-electron chi connectivity index (χ0n) is 7.97. The van der Waals surface area contributed by atoms with Gasteiger partial charge in [-0.2, -0.15) is 5.10 Å². The van der Waals surface area contributed by atoms with Crippen LogP contribution in [-0.4, -0.2) is 26.3 Å². The van der Waals surface area contributed by atoms with Crippen molar-refractivity contribution in [2.24, 2.45) is 0 Å². The summed E-state index contributed by atoms with van der Waals surface area (Å²) >= 11 is 0.